The lowest BCUT2D eigenvalue weighted by molar-refractivity contribution is 0.125. The summed E-state index contributed by atoms with van der Waals surface area (Å²) in [4.78, 5) is 2.29. The Morgan fingerprint density at radius 3 is 2.84 bits per heavy atom. The molecule has 6 rings (SSSR count). The highest BCUT2D eigenvalue weighted by atomic mass is 16.3. The van der Waals surface area contributed by atoms with Crippen LogP contribution < -0.4 is 0 Å². The molecule has 31 heavy (non-hydrogen) atoms. The van der Waals surface area contributed by atoms with Crippen molar-refractivity contribution < 1.29 is 5.11 Å². The van der Waals surface area contributed by atoms with Crippen LogP contribution in [0, 0.1) is 23.2 Å². The zero-order valence-corrected chi connectivity index (χ0v) is 19.2. The molecule has 0 amide bonds. The van der Waals surface area contributed by atoms with Crippen LogP contribution in [0.1, 0.15) is 80.9 Å². The van der Waals surface area contributed by atoms with Gasteiger partial charge >= 0.3 is 0 Å². The largest absolute Gasteiger partial charge is 0.393 e. The second-order valence-electron chi connectivity index (χ2n) is 11.4. The van der Waals surface area contributed by atoms with E-state index in [0.29, 0.717) is 11.3 Å². The monoisotopic (exact) mass is 415 g/mol. The number of benzene rings is 1. The molecule has 1 heterocycles. The number of aliphatic hydroxyl groups excluding tert-OH is 1. The van der Waals surface area contributed by atoms with Crippen LogP contribution in [0.3, 0.4) is 0 Å². The van der Waals surface area contributed by atoms with Gasteiger partial charge in [-0.2, -0.15) is 0 Å². The molecule has 164 valence electrons. The maximum absolute atomic E-state index is 10.2. The minimum absolute atomic E-state index is 0.109. The van der Waals surface area contributed by atoms with Gasteiger partial charge in [-0.3, -0.25) is 0 Å². The molecule has 2 fully saturated rings. The summed E-state index contributed by atoms with van der Waals surface area (Å²) in [6, 6.07) is 7.32. The maximum Gasteiger partial charge on any atom is 0.0577 e. The fourth-order valence-corrected chi connectivity index (χ4v) is 7.91. The Morgan fingerprint density at radius 2 is 1.94 bits per heavy atom. The molecule has 1 aromatic carbocycles. The van der Waals surface area contributed by atoms with Gasteiger partial charge in [0.2, 0.25) is 0 Å². The van der Waals surface area contributed by atoms with E-state index in [1.54, 1.807) is 16.7 Å². The van der Waals surface area contributed by atoms with Gasteiger partial charge in [-0.15, -0.1) is 0 Å². The van der Waals surface area contributed by atoms with Crippen molar-refractivity contribution in [3.63, 3.8) is 0 Å². The minimum atomic E-state index is -0.109. The van der Waals surface area contributed by atoms with Crippen molar-refractivity contribution in [2.75, 3.05) is 7.05 Å². The van der Waals surface area contributed by atoms with E-state index in [1.807, 2.05) is 0 Å². The van der Waals surface area contributed by atoms with Gasteiger partial charge in [0.25, 0.3) is 0 Å². The highest BCUT2D eigenvalue weighted by molar-refractivity contribution is 5.57. The number of aliphatic hydroxyl groups is 1. The lowest BCUT2D eigenvalue weighted by atomic mass is 9.60. The molecule has 6 unspecified atom stereocenters. The molecular formula is C29H37NO. The smallest absolute Gasteiger partial charge is 0.0577 e. The summed E-state index contributed by atoms with van der Waals surface area (Å²) < 4.78 is 0. The molecule has 2 saturated carbocycles. The molecule has 1 aliphatic heterocycles. The molecule has 0 aromatic heterocycles. The average Bonchev–Trinajstić information content (AvgIpc) is 3.00. The number of allylic oxidation sites excluding steroid dienone is 3. The summed E-state index contributed by atoms with van der Waals surface area (Å²) in [6.45, 7) is 3.63. The highest BCUT2D eigenvalue weighted by Gasteiger charge is 2.52. The second kappa shape index (κ2) is 7.37. The average molecular weight is 416 g/mol. The number of hydrogen-bond acceptors (Lipinski definition) is 2. The first-order valence-electron chi connectivity index (χ1n) is 12.6. The van der Waals surface area contributed by atoms with E-state index in [0.717, 1.165) is 37.1 Å². The summed E-state index contributed by atoms with van der Waals surface area (Å²) in [5.41, 5.74) is 8.01. The normalized spacial score (nSPS) is 38.9. The Labute approximate surface area is 187 Å². The van der Waals surface area contributed by atoms with Gasteiger partial charge < -0.3 is 10.0 Å². The van der Waals surface area contributed by atoms with E-state index < -0.39 is 0 Å². The first-order chi connectivity index (χ1) is 15.0. The molecule has 0 radical (unpaired) electrons. The number of rotatable bonds is 1. The van der Waals surface area contributed by atoms with Gasteiger partial charge in [0.15, 0.2) is 0 Å². The van der Waals surface area contributed by atoms with E-state index >= 15 is 0 Å². The van der Waals surface area contributed by atoms with Crippen LogP contribution in [0.15, 0.2) is 47.7 Å². The van der Waals surface area contributed by atoms with E-state index in [4.69, 9.17) is 0 Å². The van der Waals surface area contributed by atoms with Gasteiger partial charge in [-0.1, -0.05) is 42.8 Å². The third-order valence-corrected chi connectivity index (χ3v) is 9.62. The van der Waals surface area contributed by atoms with Crippen molar-refractivity contribution in [3.8, 4) is 0 Å². The zero-order chi connectivity index (χ0) is 21.2. The lowest BCUT2D eigenvalue weighted by Crippen LogP contribution is -2.35. The number of nitrogens with zero attached hydrogens (tertiary/aromatic N) is 1. The predicted octanol–water partition coefficient (Wildman–Crippen LogP) is 6.43. The van der Waals surface area contributed by atoms with Crippen LogP contribution >= 0.6 is 0 Å². The zero-order valence-electron chi connectivity index (χ0n) is 19.2. The Morgan fingerprint density at radius 1 is 1.06 bits per heavy atom. The Balaban J connectivity index is 1.31. The summed E-state index contributed by atoms with van der Waals surface area (Å²) in [7, 11) is 2.17. The number of hydrogen-bond donors (Lipinski definition) is 1. The maximum atomic E-state index is 10.2. The van der Waals surface area contributed by atoms with Gasteiger partial charge in [0, 0.05) is 13.6 Å². The summed E-state index contributed by atoms with van der Waals surface area (Å²) in [6.07, 6.45) is 19.2. The van der Waals surface area contributed by atoms with Crippen LogP contribution in [0.25, 0.3) is 6.08 Å². The van der Waals surface area contributed by atoms with E-state index in [1.165, 1.54) is 49.7 Å². The van der Waals surface area contributed by atoms with E-state index in [9.17, 15) is 5.11 Å². The van der Waals surface area contributed by atoms with Crippen molar-refractivity contribution in [2.45, 2.75) is 76.9 Å². The highest BCUT2D eigenvalue weighted by Crippen LogP contribution is 2.62. The third kappa shape index (κ3) is 3.25. The Hall–Kier alpha value is -1.80. The first kappa shape index (κ1) is 19.9. The van der Waals surface area contributed by atoms with E-state index in [-0.39, 0.29) is 6.10 Å². The first-order valence-corrected chi connectivity index (χ1v) is 12.6. The number of fused-ring (bicyclic) bond motifs is 5. The van der Waals surface area contributed by atoms with E-state index in [2.05, 4.69) is 61.5 Å². The molecule has 1 aromatic rings. The minimum Gasteiger partial charge on any atom is -0.393 e. The van der Waals surface area contributed by atoms with Crippen molar-refractivity contribution in [1.29, 1.82) is 0 Å². The molecule has 6 atom stereocenters. The van der Waals surface area contributed by atoms with Crippen molar-refractivity contribution in [1.82, 2.24) is 4.90 Å². The molecular weight excluding hydrogens is 378 g/mol. The molecule has 2 heteroatoms. The third-order valence-electron chi connectivity index (χ3n) is 9.62. The fourth-order valence-electron chi connectivity index (χ4n) is 7.91. The fraction of sp³-hybridized carbons (Fsp3) is 0.586. The summed E-state index contributed by atoms with van der Waals surface area (Å²) >= 11 is 0. The topological polar surface area (TPSA) is 23.5 Å². The van der Waals surface area contributed by atoms with Crippen LogP contribution in [-0.4, -0.2) is 23.2 Å². The summed E-state index contributed by atoms with van der Waals surface area (Å²) in [5, 5.41) is 10.2. The molecule has 0 spiro atoms. The predicted molar refractivity (Wildman–Crippen MR) is 127 cm³/mol. The summed E-state index contributed by atoms with van der Waals surface area (Å²) in [5.74, 6) is 2.93. The van der Waals surface area contributed by atoms with Gasteiger partial charge in [0.05, 0.1) is 6.10 Å². The molecule has 5 aliphatic rings. The molecule has 0 saturated heterocycles. The van der Waals surface area contributed by atoms with Gasteiger partial charge in [0.1, 0.15) is 0 Å². The van der Waals surface area contributed by atoms with Gasteiger partial charge in [-0.25, -0.2) is 0 Å². The standard InChI is InChI=1S/C29H37NO/c1-29-13-11-21-15-23-17-25(31)7-5-19(23)6-8-26(21)28(29)10-9-27(29)22-4-3-20-12-14-30(2)18-24(20)16-22/h3-4,11-12,14-16,19,25-28,31H,5-10,13,17-18H2,1-2H3. The Bertz CT molecular complexity index is 971. The Kier molecular flexibility index (Phi) is 4.72. The van der Waals surface area contributed by atoms with Crippen LogP contribution in [0.2, 0.25) is 0 Å². The van der Waals surface area contributed by atoms with Crippen molar-refractivity contribution >= 4 is 6.08 Å². The molecule has 2 nitrogen and oxygen atoms in total. The van der Waals surface area contributed by atoms with Crippen molar-refractivity contribution in [3.05, 3.63) is 64.4 Å². The quantitative estimate of drug-likeness (QED) is 0.571. The van der Waals surface area contributed by atoms with Crippen molar-refractivity contribution in [2.24, 2.45) is 23.2 Å². The van der Waals surface area contributed by atoms with Crippen LogP contribution in [0.4, 0.5) is 0 Å². The molecule has 0 bridgehead atoms. The second-order valence-corrected chi connectivity index (χ2v) is 11.4. The lowest BCUT2D eigenvalue weighted by Gasteiger charge is -2.44. The van der Waals surface area contributed by atoms with Crippen LogP contribution in [0.5, 0.6) is 0 Å². The SMILES string of the molecule is CN1C=Cc2ccc(C3CCC4C5CCC6CCC(O)CC6=CC5=CCC34C)cc2C1. The van der Waals surface area contributed by atoms with Crippen LogP contribution in [-0.2, 0) is 6.54 Å². The van der Waals surface area contributed by atoms with Gasteiger partial charge in [-0.05, 0) is 115 Å². The molecule has 4 aliphatic carbocycles. The molecule has 1 N–H and O–H groups in total.